The van der Waals surface area contributed by atoms with E-state index in [1.165, 1.54) is 0 Å². The number of halogens is 1. The van der Waals surface area contributed by atoms with Gasteiger partial charge in [0.15, 0.2) is 6.61 Å². The van der Waals surface area contributed by atoms with Gasteiger partial charge in [-0.05, 0) is 74.7 Å². The van der Waals surface area contributed by atoms with Crippen LogP contribution in [0.1, 0.15) is 41.8 Å². The zero-order valence-corrected chi connectivity index (χ0v) is 16.8. The number of anilines is 1. The van der Waals surface area contributed by atoms with Crippen molar-refractivity contribution in [2.24, 2.45) is 0 Å². The second kappa shape index (κ2) is 9.42. The fraction of sp³-hybridized carbons (Fsp3) is 0.333. The lowest BCUT2D eigenvalue weighted by atomic mass is 10.1. The summed E-state index contributed by atoms with van der Waals surface area (Å²) in [6, 6.07) is 10.5. The summed E-state index contributed by atoms with van der Waals surface area (Å²) in [6.45, 7) is 7.63. The van der Waals surface area contributed by atoms with E-state index in [1.807, 2.05) is 27.7 Å². The molecule has 0 heterocycles. The summed E-state index contributed by atoms with van der Waals surface area (Å²) in [6.07, 6.45) is 0.868. The number of carbonyl (C=O) groups is 2. The highest BCUT2D eigenvalue weighted by Gasteiger charge is 2.10. The number of amides is 2. The molecule has 2 amide bonds. The summed E-state index contributed by atoms with van der Waals surface area (Å²) in [5.41, 5.74) is 2.96. The number of benzene rings is 2. The highest BCUT2D eigenvalue weighted by Crippen LogP contribution is 2.25. The first-order valence-corrected chi connectivity index (χ1v) is 9.28. The average Bonchev–Trinajstić information content (AvgIpc) is 2.64. The fourth-order valence-corrected chi connectivity index (χ4v) is 2.56. The van der Waals surface area contributed by atoms with E-state index in [4.69, 9.17) is 16.3 Å². The van der Waals surface area contributed by atoms with E-state index in [1.54, 1.807) is 36.4 Å². The van der Waals surface area contributed by atoms with Crippen LogP contribution in [0.3, 0.4) is 0 Å². The molecule has 27 heavy (non-hydrogen) atoms. The third-order valence-electron chi connectivity index (χ3n) is 4.20. The van der Waals surface area contributed by atoms with Gasteiger partial charge < -0.3 is 15.4 Å². The molecule has 0 fully saturated rings. The summed E-state index contributed by atoms with van der Waals surface area (Å²) in [7, 11) is 0. The van der Waals surface area contributed by atoms with E-state index < -0.39 is 0 Å². The Kier molecular flexibility index (Phi) is 7.25. The van der Waals surface area contributed by atoms with Gasteiger partial charge in [0.2, 0.25) is 0 Å². The van der Waals surface area contributed by atoms with E-state index in [0.717, 1.165) is 17.5 Å². The maximum absolute atomic E-state index is 12.1. The first-order chi connectivity index (χ1) is 12.8. The van der Waals surface area contributed by atoms with Gasteiger partial charge in [0.05, 0.1) is 0 Å². The zero-order chi connectivity index (χ0) is 20.0. The van der Waals surface area contributed by atoms with Crippen molar-refractivity contribution in [1.29, 1.82) is 0 Å². The van der Waals surface area contributed by atoms with Crippen LogP contribution in [0.5, 0.6) is 5.75 Å². The van der Waals surface area contributed by atoms with Gasteiger partial charge in [-0.25, -0.2) is 0 Å². The molecule has 0 aromatic heterocycles. The van der Waals surface area contributed by atoms with Gasteiger partial charge in [-0.1, -0.05) is 18.5 Å². The van der Waals surface area contributed by atoms with Crippen molar-refractivity contribution in [2.45, 2.75) is 40.2 Å². The Balaban J connectivity index is 1.89. The van der Waals surface area contributed by atoms with Gasteiger partial charge >= 0.3 is 0 Å². The summed E-state index contributed by atoms with van der Waals surface area (Å²) in [5, 5.41) is 6.35. The SMILES string of the molecule is CCC(C)NC(=O)c1ccc(NC(=O)COc2cc(C)c(Cl)c(C)c2)cc1. The van der Waals surface area contributed by atoms with Crippen molar-refractivity contribution < 1.29 is 14.3 Å². The predicted octanol–water partition coefficient (Wildman–Crippen LogP) is 4.50. The molecule has 0 aliphatic carbocycles. The Morgan fingerprint density at radius 3 is 2.26 bits per heavy atom. The number of aryl methyl sites for hydroxylation is 2. The number of rotatable bonds is 7. The topological polar surface area (TPSA) is 67.4 Å². The zero-order valence-electron chi connectivity index (χ0n) is 16.1. The lowest BCUT2D eigenvalue weighted by Gasteiger charge is -2.12. The maximum Gasteiger partial charge on any atom is 0.262 e. The number of carbonyl (C=O) groups excluding carboxylic acids is 2. The van der Waals surface area contributed by atoms with Crippen LogP contribution in [0.25, 0.3) is 0 Å². The minimum Gasteiger partial charge on any atom is -0.484 e. The monoisotopic (exact) mass is 388 g/mol. The van der Waals surface area contributed by atoms with Crippen LogP contribution in [-0.2, 0) is 4.79 Å². The first kappa shape index (κ1) is 20.8. The van der Waals surface area contributed by atoms with Crippen LogP contribution >= 0.6 is 11.6 Å². The molecule has 2 rings (SSSR count). The molecule has 0 aliphatic rings. The Labute approximate surface area is 165 Å². The van der Waals surface area contributed by atoms with Gasteiger partial charge in [-0.3, -0.25) is 9.59 Å². The first-order valence-electron chi connectivity index (χ1n) is 8.90. The van der Waals surface area contributed by atoms with Crippen LogP contribution in [-0.4, -0.2) is 24.5 Å². The summed E-state index contributed by atoms with van der Waals surface area (Å²) >= 11 is 6.13. The maximum atomic E-state index is 12.1. The largest absolute Gasteiger partial charge is 0.484 e. The van der Waals surface area contributed by atoms with E-state index in [2.05, 4.69) is 10.6 Å². The Hall–Kier alpha value is -2.53. The van der Waals surface area contributed by atoms with Crippen molar-refractivity contribution in [1.82, 2.24) is 5.32 Å². The smallest absolute Gasteiger partial charge is 0.262 e. The lowest BCUT2D eigenvalue weighted by molar-refractivity contribution is -0.118. The summed E-state index contributed by atoms with van der Waals surface area (Å²) < 4.78 is 5.54. The van der Waals surface area contributed by atoms with Crippen molar-refractivity contribution in [3.8, 4) is 5.75 Å². The Morgan fingerprint density at radius 2 is 1.70 bits per heavy atom. The third kappa shape index (κ3) is 6.00. The molecule has 144 valence electrons. The minimum absolute atomic E-state index is 0.114. The number of nitrogens with one attached hydrogen (secondary N) is 2. The lowest BCUT2D eigenvalue weighted by Crippen LogP contribution is -2.31. The van der Waals surface area contributed by atoms with Crippen LogP contribution in [0.2, 0.25) is 5.02 Å². The number of hydrogen-bond acceptors (Lipinski definition) is 3. The molecule has 1 unspecified atom stereocenters. The summed E-state index contributed by atoms with van der Waals surface area (Å²) in [4.78, 5) is 24.1. The van der Waals surface area contributed by atoms with Gasteiger partial charge in [0, 0.05) is 22.3 Å². The molecule has 0 spiro atoms. The molecule has 0 aliphatic heterocycles. The van der Waals surface area contributed by atoms with Crippen LogP contribution < -0.4 is 15.4 Å². The molecule has 2 N–H and O–H groups in total. The Bertz CT molecular complexity index is 796. The predicted molar refractivity (Wildman–Crippen MR) is 109 cm³/mol. The molecular weight excluding hydrogens is 364 g/mol. The normalized spacial score (nSPS) is 11.6. The minimum atomic E-state index is -0.280. The summed E-state index contributed by atoms with van der Waals surface area (Å²) in [5.74, 6) is 0.192. The van der Waals surface area contributed by atoms with Gasteiger partial charge in [-0.2, -0.15) is 0 Å². The molecule has 0 radical (unpaired) electrons. The van der Waals surface area contributed by atoms with E-state index >= 15 is 0 Å². The highest BCUT2D eigenvalue weighted by atomic mass is 35.5. The quantitative estimate of drug-likeness (QED) is 0.733. The molecule has 0 saturated carbocycles. The average molecular weight is 389 g/mol. The van der Waals surface area contributed by atoms with Crippen LogP contribution in [0, 0.1) is 13.8 Å². The molecule has 0 saturated heterocycles. The standard InChI is InChI=1S/C21H25ClN2O3/c1-5-15(4)23-21(26)16-6-8-17(9-7-16)24-19(25)12-27-18-10-13(2)20(22)14(3)11-18/h6-11,15H,5,12H2,1-4H3,(H,23,26)(H,24,25). The fourth-order valence-electron chi connectivity index (χ4n) is 2.45. The van der Waals surface area contributed by atoms with Crippen molar-refractivity contribution >= 4 is 29.1 Å². The van der Waals surface area contributed by atoms with E-state index in [9.17, 15) is 9.59 Å². The van der Waals surface area contributed by atoms with Crippen molar-refractivity contribution in [2.75, 3.05) is 11.9 Å². The Morgan fingerprint density at radius 1 is 1.11 bits per heavy atom. The highest BCUT2D eigenvalue weighted by molar-refractivity contribution is 6.32. The van der Waals surface area contributed by atoms with Crippen molar-refractivity contribution in [3.63, 3.8) is 0 Å². The van der Waals surface area contributed by atoms with Crippen molar-refractivity contribution in [3.05, 3.63) is 58.1 Å². The third-order valence-corrected chi connectivity index (χ3v) is 4.80. The molecule has 2 aromatic rings. The molecule has 1 atom stereocenters. The molecule has 2 aromatic carbocycles. The van der Waals surface area contributed by atoms with Crippen LogP contribution in [0.4, 0.5) is 5.69 Å². The second-order valence-electron chi connectivity index (χ2n) is 6.57. The number of ether oxygens (including phenoxy) is 1. The van der Waals surface area contributed by atoms with Gasteiger partial charge in [0.25, 0.3) is 11.8 Å². The molecule has 6 heteroatoms. The van der Waals surface area contributed by atoms with E-state index in [0.29, 0.717) is 22.0 Å². The van der Waals surface area contributed by atoms with Gasteiger partial charge in [-0.15, -0.1) is 0 Å². The van der Waals surface area contributed by atoms with Gasteiger partial charge in [0.1, 0.15) is 5.75 Å². The van der Waals surface area contributed by atoms with Crippen LogP contribution in [0.15, 0.2) is 36.4 Å². The molecule has 0 bridgehead atoms. The number of hydrogen-bond donors (Lipinski definition) is 2. The molecular formula is C21H25ClN2O3. The second-order valence-corrected chi connectivity index (χ2v) is 6.95. The molecule has 5 nitrogen and oxygen atoms in total. The van der Waals surface area contributed by atoms with E-state index in [-0.39, 0.29) is 24.5 Å².